The molecule has 0 fully saturated rings. The SMILES string of the molecule is CSc1n[nH]c2ncnc(Nc3ccc(Oc4ccccc4)cc3)c12. The minimum atomic E-state index is 0.714. The van der Waals surface area contributed by atoms with E-state index in [9.17, 15) is 0 Å². The number of aromatic amines is 1. The zero-order chi connectivity index (χ0) is 17.1. The number of thioether (sulfide) groups is 1. The maximum Gasteiger partial charge on any atom is 0.161 e. The van der Waals surface area contributed by atoms with Gasteiger partial charge in [0.25, 0.3) is 0 Å². The summed E-state index contributed by atoms with van der Waals surface area (Å²) in [7, 11) is 0. The summed E-state index contributed by atoms with van der Waals surface area (Å²) in [5.41, 5.74) is 1.62. The van der Waals surface area contributed by atoms with Crippen LogP contribution in [0.25, 0.3) is 11.0 Å². The first-order valence-corrected chi connectivity index (χ1v) is 8.89. The molecule has 0 aliphatic heterocycles. The number of nitrogens with one attached hydrogen (secondary N) is 2. The van der Waals surface area contributed by atoms with Crippen molar-refractivity contribution >= 4 is 34.3 Å². The van der Waals surface area contributed by atoms with Crippen molar-refractivity contribution < 1.29 is 4.74 Å². The molecule has 0 amide bonds. The summed E-state index contributed by atoms with van der Waals surface area (Å²) >= 11 is 1.55. The number of nitrogens with zero attached hydrogens (tertiary/aromatic N) is 3. The number of hydrogen-bond donors (Lipinski definition) is 2. The topological polar surface area (TPSA) is 75.7 Å². The Morgan fingerprint density at radius 3 is 2.48 bits per heavy atom. The molecule has 2 N–H and O–H groups in total. The molecule has 2 heterocycles. The number of aromatic nitrogens is 4. The van der Waals surface area contributed by atoms with Crippen molar-refractivity contribution in [2.45, 2.75) is 5.03 Å². The smallest absolute Gasteiger partial charge is 0.161 e. The van der Waals surface area contributed by atoms with E-state index >= 15 is 0 Å². The molecular formula is C18H15N5OS. The van der Waals surface area contributed by atoms with Crippen LogP contribution >= 0.6 is 11.8 Å². The second-order valence-corrected chi connectivity index (χ2v) is 6.04. The summed E-state index contributed by atoms with van der Waals surface area (Å²) < 4.78 is 5.81. The van der Waals surface area contributed by atoms with E-state index in [1.54, 1.807) is 11.8 Å². The standard InChI is InChI=1S/C18H15N5OS/c1-25-18-15-16(19-11-20-17(15)22-23-18)21-12-7-9-14(10-8-12)24-13-5-3-2-4-6-13/h2-11H,1H3,(H2,19,20,21,22,23). The van der Waals surface area contributed by atoms with E-state index in [-0.39, 0.29) is 0 Å². The van der Waals surface area contributed by atoms with Crippen molar-refractivity contribution in [2.24, 2.45) is 0 Å². The lowest BCUT2D eigenvalue weighted by atomic mass is 10.3. The van der Waals surface area contributed by atoms with E-state index < -0.39 is 0 Å². The van der Waals surface area contributed by atoms with E-state index in [0.717, 1.165) is 33.4 Å². The number of hydrogen-bond acceptors (Lipinski definition) is 6. The number of ether oxygens (including phenoxy) is 1. The average Bonchev–Trinajstić information content (AvgIpc) is 3.08. The zero-order valence-corrected chi connectivity index (χ0v) is 14.2. The predicted octanol–water partition coefficient (Wildman–Crippen LogP) is 4.61. The van der Waals surface area contributed by atoms with Crippen molar-refractivity contribution in [3.63, 3.8) is 0 Å². The van der Waals surface area contributed by atoms with Gasteiger partial charge in [0, 0.05) is 5.69 Å². The zero-order valence-electron chi connectivity index (χ0n) is 13.4. The Morgan fingerprint density at radius 1 is 0.960 bits per heavy atom. The molecule has 2 aromatic heterocycles. The predicted molar refractivity (Wildman–Crippen MR) is 99.7 cm³/mol. The Bertz CT molecular complexity index is 985. The van der Waals surface area contributed by atoms with Gasteiger partial charge in [0.2, 0.25) is 0 Å². The maximum atomic E-state index is 5.81. The van der Waals surface area contributed by atoms with Gasteiger partial charge in [-0.25, -0.2) is 9.97 Å². The van der Waals surface area contributed by atoms with Gasteiger partial charge in [0.05, 0.1) is 5.39 Å². The van der Waals surface area contributed by atoms with Gasteiger partial charge in [-0.05, 0) is 42.7 Å². The fraction of sp³-hybridized carbons (Fsp3) is 0.0556. The van der Waals surface area contributed by atoms with E-state index in [2.05, 4.69) is 25.5 Å². The molecule has 0 aliphatic rings. The van der Waals surface area contributed by atoms with Crippen molar-refractivity contribution in [1.29, 1.82) is 0 Å². The van der Waals surface area contributed by atoms with Gasteiger partial charge in [0.15, 0.2) is 5.65 Å². The maximum absolute atomic E-state index is 5.81. The van der Waals surface area contributed by atoms with Crippen LogP contribution in [0.15, 0.2) is 66.0 Å². The summed E-state index contributed by atoms with van der Waals surface area (Å²) in [5, 5.41) is 12.2. The highest BCUT2D eigenvalue weighted by atomic mass is 32.2. The Labute approximate surface area is 148 Å². The lowest BCUT2D eigenvalue weighted by molar-refractivity contribution is 0.483. The van der Waals surface area contributed by atoms with Gasteiger partial charge in [0.1, 0.15) is 28.7 Å². The minimum Gasteiger partial charge on any atom is -0.457 e. The number of para-hydroxylation sites is 1. The van der Waals surface area contributed by atoms with E-state index in [1.165, 1.54) is 6.33 Å². The van der Waals surface area contributed by atoms with Crippen LogP contribution < -0.4 is 10.1 Å². The molecule has 0 bridgehead atoms. The van der Waals surface area contributed by atoms with Gasteiger partial charge >= 0.3 is 0 Å². The summed E-state index contributed by atoms with van der Waals surface area (Å²) in [6.07, 6.45) is 3.49. The van der Waals surface area contributed by atoms with E-state index in [4.69, 9.17) is 4.74 Å². The number of H-pyrrole nitrogens is 1. The molecule has 7 heteroatoms. The second-order valence-electron chi connectivity index (χ2n) is 5.24. The highest BCUT2D eigenvalue weighted by Crippen LogP contribution is 2.30. The largest absolute Gasteiger partial charge is 0.457 e. The first-order valence-electron chi connectivity index (χ1n) is 7.66. The molecule has 6 nitrogen and oxygen atoms in total. The highest BCUT2D eigenvalue weighted by molar-refractivity contribution is 7.98. The van der Waals surface area contributed by atoms with E-state index in [1.807, 2.05) is 60.9 Å². The Hall–Kier alpha value is -3.06. The van der Waals surface area contributed by atoms with Crippen LogP contribution in [0.2, 0.25) is 0 Å². The molecule has 4 aromatic rings. The van der Waals surface area contributed by atoms with Crippen LogP contribution in [0, 0.1) is 0 Å². The fourth-order valence-corrected chi connectivity index (χ4v) is 2.98. The summed E-state index contributed by atoms with van der Waals surface area (Å²) in [5.74, 6) is 2.31. The third-order valence-electron chi connectivity index (χ3n) is 3.61. The van der Waals surface area contributed by atoms with Crippen LogP contribution in [0.5, 0.6) is 11.5 Å². The van der Waals surface area contributed by atoms with Gasteiger partial charge in [-0.1, -0.05) is 18.2 Å². The first-order chi connectivity index (χ1) is 12.3. The highest BCUT2D eigenvalue weighted by Gasteiger charge is 2.12. The lowest BCUT2D eigenvalue weighted by Crippen LogP contribution is -1.95. The minimum absolute atomic E-state index is 0.714. The molecule has 2 aromatic carbocycles. The van der Waals surface area contributed by atoms with Crippen LogP contribution in [-0.4, -0.2) is 26.4 Å². The molecule has 25 heavy (non-hydrogen) atoms. The molecule has 0 spiro atoms. The molecular weight excluding hydrogens is 334 g/mol. The number of fused-ring (bicyclic) bond motifs is 1. The average molecular weight is 349 g/mol. The van der Waals surface area contributed by atoms with Gasteiger partial charge in [-0.3, -0.25) is 5.10 Å². The molecule has 0 aliphatic carbocycles. The van der Waals surface area contributed by atoms with Crippen LogP contribution in [0.3, 0.4) is 0 Å². The van der Waals surface area contributed by atoms with Crippen molar-refractivity contribution in [2.75, 3.05) is 11.6 Å². The normalized spacial score (nSPS) is 10.8. The number of benzene rings is 2. The molecule has 124 valence electrons. The lowest BCUT2D eigenvalue weighted by Gasteiger charge is -2.09. The molecule has 0 atom stereocenters. The molecule has 0 saturated carbocycles. The quantitative estimate of drug-likeness (QED) is 0.512. The Balaban J connectivity index is 1.56. The summed E-state index contributed by atoms with van der Waals surface area (Å²) in [6.45, 7) is 0. The van der Waals surface area contributed by atoms with Gasteiger partial charge in [-0.2, -0.15) is 5.10 Å². The number of anilines is 2. The van der Waals surface area contributed by atoms with Gasteiger partial charge < -0.3 is 10.1 Å². The van der Waals surface area contributed by atoms with E-state index in [0.29, 0.717) is 5.65 Å². The fourth-order valence-electron chi connectivity index (χ4n) is 2.44. The number of rotatable bonds is 5. The second kappa shape index (κ2) is 6.82. The summed E-state index contributed by atoms with van der Waals surface area (Å²) in [4.78, 5) is 8.56. The first kappa shape index (κ1) is 15.5. The van der Waals surface area contributed by atoms with Crippen LogP contribution in [0.1, 0.15) is 0 Å². The monoisotopic (exact) mass is 349 g/mol. The summed E-state index contributed by atoms with van der Waals surface area (Å²) in [6, 6.07) is 17.4. The third kappa shape index (κ3) is 3.27. The van der Waals surface area contributed by atoms with Crippen molar-refractivity contribution in [3.8, 4) is 11.5 Å². The van der Waals surface area contributed by atoms with Crippen molar-refractivity contribution in [1.82, 2.24) is 20.2 Å². The van der Waals surface area contributed by atoms with Gasteiger partial charge in [-0.15, -0.1) is 11.8 Å². The molecule has 0 unspecified atom stereocenters. The third-order valence-corrected chi connectivity index (χ3v) is 4.30. The molecule has 0 saturated heterocycles. The van der Waals surface area contributed by atoms with Crippen LogP contribution in [0.4, 0.5) is 11.5 Å². The van der Waals surface area contributed by atoms with Crippen LogP contribution in [-0.2, 0) is 0 Å². The Kier molecular flexibility index (Phi) is 4.22. The van der Waals surface area contributed by atoms with Crippen molar-refractivity contribution in [3.05, 3.63) is 60.9 Å². The Morgan fingerprint density at radius 2 is 1.72 bits per heavy atom. The molecule has 0 radical (unpaired) electrons. The molecule has 4 rings (SSSR count).